The Hall–Kier alpha value is -2.92. The van der Waals surface area contributed by atoms with E-state index >= 15 is 0 Å². The predicted octanol–water partition coefficient (Wildman–Crippen LogP) is 3.36. The molecule has 0 heterocycles. The molecule has 4 rings (SSSR count). The Labute approximate surface area is 201 Å². The lowest BCUT2D eigenvalue weighted by molar-refractivity contribution is -0.148. The van der Waals surface area contributed by atoms with Crippen LogP contribution < -0.4 is 15.4 Å². The predicted molar refractivity (Wildman–Crippen MR) is 131 cm³/mol. The third-order valence-corrected chi connectivity index (χ3v) is 7.49. The number of hydrogen-bond acceptors (Lipinski definition) is 6. The van der Waals surface area contributed by atoms with Gasteiger partial charge in [-0.3, -0.25) is 9.59 Å². The average molecular weight is 484 g/mol. The zero-order chi connectivity index (χ0) is 24.4. The van der Waals surface area contributed by atoms with Crippen LogP contribution in [0.15, 0.2) is 36.4 Å². The first-order chi connectivity index (χ1) is 16.4. The van der Waals surface area contributed by atoms with Crippen LogP contribution in [0, 0.1) is 17.8 Å². The molecule has 0 aromatic heterocycles. The number of esters is 2. The molecular weight excluding hydrogens is 453 g/mol. The van der Waals surface area contributed by atoms with Crippen LogP contribution in [0.5, 0.6) is 5.75 Å². The number of nitrogens with one attached hydrogen (secondary N) is 1. The van der Waals surface area contributed by atoms with E-state index in [4.69, 9.17) is 14.2 Å². The van der Waals surface area contributed by atoms with Gasteiger partial charge in [0, 0.05) is 6.04 Å². The van der Waals surface area contributed by atoms with Crippen LogP contribution in [0.1, 0.15) is 46.9 Å². The van der Waals surface area contributed by atoms with Gasteiger partial charge in [0.25, 0.3) is 5.91 Å². The Kier molecular flexibility index (Phi) is 7.22. The van der Waals surface area contributed by atoms with E-state index in [9.17, 15) is 14.4 Å². The number of methoxy groups -OCH3 is 2. The number of fused-ring (bicyclic) bond motifs is 2. The fourth-order valence-corrected chi connectivity index (χ4v) is 5.80. The zero-order valence-electron chi connectivity index (χ0n) is 19.6. The van der Waals surface area contributed by atoms with Crippen molar-refractivity contribution in [3.63, 3.8) is 0 Å². The molecular formula is C26H30NO6P. The van der Waals surface area contributed by atoms with Crippen molar-refractivity contribution >= 4 is 32.4 Å². The molecule has 1 unspecified atom stereocenters. The average Bonchev–Trinajstić information content (AvgIpc) is 3.45. The second kappa shape index (κ2) is 10.1. The molecule has 2 aromatic rings. The number of carbonyl (C=O) groups is 3. The summed E-state index contributed by atoms with van der Waals surface area (Å²) in [6.07, 6.45) is 2.93. The van der Waals surface area contributed by atoms with E-state index in [-0.39, 0.29) is 41.6 Å². The van der Waals surface area contributed by atoms with Crippen LogP contribution in [0.4, 0.5) is 0 Å². The first-order valence-electron chi connectivity index (χ1n) is 11.5. The van der Waals surface area contributed by atoms with Gasteiger partial charge in [0.1, 0.15) is 5.75 Å². The molecule has 0 radical (unpaired) electrons. The number of rotatable bonds is 7. The van der Waals surface area contributed by atoms with Crippen molar-refractivity contribution in [2.75, 3.05) is 20.8 Å². The lowest BCUT2D eigenvalue weighted by Crippen LogP contribution is -2.47. The Morgan fingerprint density at radius 3 is 2.41 bits per heavy atom. The highest BCUT2D eigenvalue weighted by Gasteiger charge is 2.52. The van der Waals surface area contributed by atoms with Crippen molar-refractivity contribution in [3.05, 3.63) is 47.5 Å². The molecule has 2 aliphatic rings. The second-order valence-electron chi connectivity index (χ2n) is 8.82. The van der Waals surface area contributed by atoms with E-state index in [2.05, 4.69) is 14.6 Å². The number of ether oxygens (including phenoxy) is 3. The van der Waals surface area contributed by atoms with Crippen LogP contribution in [-0.2, 0) is 14.3 Å². The van der Waals surface area contributed by atoms with Gasteiger partial charge in [-0.15, -0.1) is 9.24 Å². The highest BCUT2D eigenvalue weighted by molar-refractivity contribution is 7.28. The van der Waals surface area contributed by atoms with E-state index in [0.29, 0.717) is 23.5 Å². The van der Waals surface area contributed by atoms with Gasteiger partial charge in [0.05, 0.1) is 37.9 Å². The summed E-state index contributed by atoms with van der Waals surface area (Å²) in [7, 11) is 5.59. The van der Waals surface area contributed by atoms with E-state index in [1.807, 2.05) is 12.1 Å². The maximum atomic E-state index is 13.4. The quantitative estimate of drug-likeness (QED) is 0.480. The van der Waals surface area contributed by atoms with Crippen molar-refractivity contribution in [2.24, 2.45) is 17.8 Å². The van der Waals surface area contributed by atoms with Crippen LogP contribution >= 0.6 is 9.24 Å². The molecule has 1 amide bonds. The molecule has 2 fully saturated rings. The number of amides is 1. The molecule has 0 aliphatic heterocycles. The summed E-state index contributed by atoms with van der Waals surface area (Å²) in [4.78, 5) is 37.8. The normalized spacial score (nSPS) is 22.8. The number of carbonyl (C=O) groups excluding carboxylic acids is 3. The SMILES string of the molecule is CCOC(=O)c1ccc(-c2cc(C(=O)N[C@@H]3[C@H]4CC[C@H](C4)[C@@H]3C(=O)OC)c(OC)cc2P)cc1. The molecule has 5 atom stereocenters. The molecule has 2 aromatic carbocycles. The van der Waals surface area contributed by atoms with Gasteiger partial charge < -0.3 is 19.5 Å². The highest BCUT2D eigenvalue weighted by atomic mass is 31.0. The Morgan fingerprint density at radius 2 is 1.76 bits per heavy atom. The topological polar surface area (TPSA) is 90.9 Å². The van der Waals surface area contributed by atoms with Crippen molar-refractivity contribution in [3.8, 4) is 16.9 Å². The minimum Gasteiger partial charge on any atom is -0.496 e. The number of hydrogen-bond donors (Lipinski definition) is 1. The molecule has 2 saturated carbocycles. The summed E-state index contributed by atoms with van der Waals surface area (Å²) in [6, 6.07) is 10.4. The van der Waals surface area contributed by atoms with Gasteiger partial charge >= 0.3 is 11.9 Å². The molecule has 7 nitrogen and oxygen atoms in total. The lowest BCUT2D eigenvalue weighted by atomic mass is 9.84. The van der Waals surface area contributed by atoms with Gasteiger partial charge in [-0.05, 0) is 78.7 Å². The summed E-state index contributed by atoms with van der Waals surface area (Å²) in [5.41, 5.74) is 2.53. The Balaban J connectivity index is 1.62. The van der Waals surface area contributed by atoms with Crippen LogP contribution in [-0.4, -0.2) is 44.7 Å². The van der Waals surface area contributed by atoms with Crippen molar-refractivity contribution in [1.82, 2.24) is 5.32 Å². The van der Waals surface area contributed by atoms with Gasteiger partial charge in [-0.2, -0.15) is 0 Å². The van der Waals surface area contributed by atoms with Crippen LogP contribution in [0.25, 0.3) is 11.1 Å². The fraction of sp³-hybridized carbons (Fsp3) is 0.423. The van der Waals surface area contributed by atoms with Crippen LogP contribution in [0.3, 0.4) is 0 Å². The second-order valence-corrected chi connectivity index (χ2v) is 9.44. The van der Waals surface area contributed by atoms with Gasteiger partial charge in [-0.25, -0.2) is 4.79 Å². The first-order valence-corrected chi connectivity index (χ1v) is 12.1. The third-order valence-electron chi connectivity index (χ3n) is 7.01. The van der Waals surface area contributed by atoms with Crippen molar-refractivity contribution in [1.29, 1.82) is 0 Å². The first kappa shape index (κ1) is 24.2. The Bertz CT molecular complexity index is 1100. The lowest BCUT2D eigenvalue weighted by Gasteiger charge is -2.30. The zero-order valence-corrected chi connectivity index (χ0v) is 20.8. The minimum absolute atomic E-state index is 0.244. The smallest absolute Gasteiger partial charge is 0.338 e. The Morgan fingerprint density at radius 1 is 1.06 bits per heavy atom. The maximum absolute atomic E-state index is 13.4. The third kappa shape index (κ3) is 4.54. The van der Waals surface area contributed by atoms with Gasteiger partial charge in [0.15, 0.2) is 0 Å². The van der Waals surface area contributed by atoms with Crippen molar-refractivity contribution in [2.45, 2.75) is 32.2 Å². The van der Waals surface area contributed by atoms with E-state index in [0.717, 1.165) is 35.7 Å². The molecule has 2 bridgehead atoms. The molecule has 2 aliphatic carbocycles. The molecule has 1 N–H and O–H groups in total. The largest absolute Gasteiger partial charge is 0.496 e. The fourth-order valence-electron chi connectivity index (χ4n) is 5.40. The standard InChI is InChI=1S/C26H30NO6P/c1-4-33-25(29)15-7-5-14(6-8-15)18-12-19(20(31-2)13-21(18)34)24(28)27-23-17-10-9-16(11-17)22(23)26(30)32-3/h5-8,12-13,16-17,22-23H,4,9-11,34H2,1-3H3,(H,27,28)/t16-,17+,22+,23-/m1/s1. The molecule has 180 valence electrons. The highest BCUT2D eigenvalue weighted by Crippen LogP contribution is 2.49. The van der Waals surface area contributed by atoms with Gasteiger partial charge in [-0.1, -0.05) is 12.1 Å². The molecule has 34 heavy (non-hydrogen) atoms. The molecule has 0 spiro atoms. The number of benzene rings is 2. The van der Waals surface area contributed by atoms with E-state index in [1.165, 1.54) is 14.2 Å². The summed E-state index contributed by atoms with van der Waals surface area (Å²) >= 11 is 0. The van der Waals surface area contributed by atoms with Crippen molar-refractivity contribution < 1.29 is 28.6 Å². The molecule has 0 saturated heterocycles. The van der Waals surface area contributed by atoms with Crippen LogP contribution in [0.2, 0.25) is 0 Å². The maximum Gasteiger partial charge on any atom is 0.338 e. The van der Waals surface area contributed by atoms with E-state index in [1.54, 1.807) is 31.2 Å². The minimum atomic E-state index is -0.374. The van der Waals surface area contributed by atoms with Gasteiger partial charge in [0.2, 0.25) is 0 Å². The summed E-state index contributed by atoms with van der Waals surface area (Å²) < 4.78 is 15.6. The molecule has 8 heteroatoms. The van der Waals surface area contributed by atoms with E-state index < -0.39 is 0 Å². The summed E-state index contributed by atoms with van der Waals surface area (Å²) in [5.74, 6) is -0.236. The summed E-state index contributed by atoms with van der Waals surface area (Å²) in [5, 5.41) is 3.97. The monoisotopic (exact) mass is 483 g/mol. The summed E-state index contributed by atoms with van der Waals surface area (Å²) in [6.45, 7) is 2.08.